The van der Waals surface area contributed by atoms with Gasteiger partial charge >= 0.3 is 0 Å². The van der Waals surface area contributed by atoms with Gasteiger partial charge in [-0.1, -0.05) is 31.2 Å². The van der Waals surface area contributed by atoms with Crippen molar-refractivity contribution >= 4 is 26.8 Å². The second-order valence-electron chi connectivity index (χ2n) is 6.17. The van der Waals surface area contributed by atoms with Crippen LogP contribution in [0.2, 0.25) is 0 Å². The Morgan fingerprint density at radius 3 is 2.41 bits per heavy atom. The summed E-state index contributed by atoms with van der Waals surface area (Å²) in [4.78, 5) is 4.76. The van der Waals surface area contributed by atoms with Crippen LogP contribution in [0.4, 0.5) is 5.69 Å². The number of rotatable bonds is 5. The monoisotopic (exact) mass is 378 g/mol. The summed E-state index contributed by atoms with van der Waals surface area (Å²) in [6, 6.07) is 21.2. The second kappa shape index (κ2) is 6.89. The van der Waals surface area contributed by atoms with E-state index in [0.29, 0.717) is 11.6 Å². The highest BCUT2D eigenvalue weighted by Gasteiger charge is 2.14. The summed E-state index contributed by atoms with van der Waals surface area (Å²) >= 11 is 0. The molecule has 27 heavy (non-hydrogen) atoms. The topological polar surface area (TPSA) is 72.2 Å². The quantitative estimate of drug-likeness (QED) is 0.538. The van der Waals surface area contributed by atoms with Crippen molar-refractivity contribution in [1.82, 2.24) is 4.98 Å². The maximum absolute atomic E-state index is 12.4. The van der Waals surface area contributed by atoms with E-state index in [2.05, 4.69) is 16.6 Å². The van der Waals surface area contributed by atoms with E-state index in [1.807, 2.05) is 18.2 Å². The zero-order valence-electron chi connectivity index (χ0n) is 14.7. The summed E-state index contributed by atoms with van der Waals surface area (Å²) < 4.78 is 33.2. The molecule has 0 aliphatic carbocycles. The van der Waals surface area contributed by atoms with E-state index in [9.17, 15) is 8.42 Å². The van der Waals surface area contributed by atoms with Gasteiger partial charge in [0.2, 0.25) is 5.89 Å². The number of aromatic nitrogens is 1. The highest BCUT2D eigenvalue weighted by molar-refractivity contribution is 7.92. The van der Waals surface area contributed by atoms with Crippen molar-refractivity contribution in [3.63, 3.8) is 0 Å². The van der Waals surface area contributed by atoms with Gasteiger partial charge in [0, 0.05) is 11.3 Å². The summed E-state index contributed by atoms with van der Waals surface area (Å²) in [6.45, 7) is 2.09. The van der Waals surface area contributed by atoms with Crippen LogP contribution < -0.4 is 4.72 Å². The average molecular weight is 378 g/mol. The van der Waals surface area contributed by atoms with E-state index in [0.717, 1.165) is 23.1 Å². The smallest absolute Gasteiger partial charge is 0.261 e. The fourth-order valence-electron chi connectivity index (χ4n) is 2.81. The van der Waals surface area contributed by atoms with Crippen LogP contribution in [0.5, 0.6) is 0 Å². The Kier molecular flexibility index (Phi) is 4.41. The van der Waals surface area contributed by atoms with Gasteiger partial charge in [-0.3, -0.25) is 4.72 Å². The fraction of sp³-hybridized carbons (Fsp3) is 0.0952. The van der Waals surface area contributed by atoms with Crippen LogP contribution in [0.25, 0.3) is 22.6 Å². The van der Waals surface area contributed by atoms with Crippen molar-refractivity contribution in [1.29, 1.82) is 0 Å². The van der Waals surface area contributed by atoms with Crippen molar-refractivity contribution in [3.8, 4) is 11.5 Å². The Bertz CT molecular complexity index is 1180. The third kappa shape index (κ3) is 3.57. The molecule has 0 atom stereocenters. The fourth-order valence-corrected chi connectivity index (χ4v) is 3.89. The van der Waals surface area contributed by atoms with Crippen LogP contribution in [0.1, 0.15) is 12.5 Å². The summed E-state index contributed by atoms with van der Waals surface area (Å²) in [7, 11) is -3.61. The molecule has 0 bridgehead atoms. The van der Waals surface area contributed by atoms with Gasteiger partial charge in [0.1, 0.15) is 5.52 Å². The second-order valence-corrected chi connectivity index (χ2v) is 7.85. The maximum Gasteiger partial charge on any atom is 0.261 e. The minimum atomic E-state index is -3.61. The lowest BCUT2D eigenvalue weighted by atomic mass is 10.1. The molecule has 1 aromatic heterocycles. The van der Waals surface area contributed by atoms with Crippen LogP contribution in [-0.2, 0) is 16.4 Å². The summed E-state index contributed by atoms with van der Waals surface area (Å²) in [5.41, 5.74) is 4.01. The third-order valence-corrected chi connectivity index (χ3v) is 5.69. The van der Waals surface area contributed by atoms with E-state index in [1.54, 1.807) is 54.6 Å². The van der Waals surface area contributed by atoms with Gasteiger partial charge in [-0.2, -0.15) is 0 Å². The van der Waals surface area contributed by atoms with Crippen LogP contribution >= 0.6 is 0 Å². The number of nitrogens with zero attached hydrogens (tertiary/aromatic N) is 1. The molecule has 0 unspecified atom stereocenters. The maximum atomic E-state index is 12.4. The average Bonchev–Trinajstić information content (AvgIpc) is 3.12. The van der Waals surface area contributed by atoms with Crippen molar-refractivity contribution in [3.05, 3.63) is 78.4 Å². The molecule has 0 aliphatic heterocycles. The molecule has 5 nitrogen and oxygen atoms in total. The predicted molar refractivity (Wildman–Crippen MR) is 106 cm³/mol. The number of nitrogens with one attached hydrogen (secondary N) is 1. The number of benzene rings is 3. The molecule has 6 heteroatoms. The number of oxazole rings is 1. The number of sulfonamides is 1. The molecule has 0 aliphatic rings. The molecule has 0 fully saturated rings. The highest BCUT2D eigenvalue weighted by Crippen LogP contribution is 2.26. The first kappa shape index (κ1) is 17.3. The molecular weight excluding hydrogens is 360 g/mol. The van der Waals surface area contributed by atoms with E-state index in [4.69, 9.17) is 4.42 Å². The predicted octanol–water partition coefficient (Wildman–Crippen LogP) is 4.86. The van der Waals surface area contributed by atoms with Crippen molar-refractivity contribution in [2.75, 3.05) is 4.72 Å². The van der Waals surface area contributed by atoms with Gasteiger partial charge in [0.05, 0.1) is 4.90 Å². The third-order valence-electron chi connectivity index (χ3n) is 4.30. The van der Waals surface area contributed by atoms with Gasteiger partial charge in [0.25, 0.3) is 10.0 Å². The molecule has 0 amide bonds. The van der Waals surface area contributed by atoms with E-state index >= 15 is 0 Å². The molecule has 1 N–H and O–H groups in total. The van der Waals surface area contributed by atoms with Crippen LogP contribution in [0.15, 0.2) is 82.1 Å². The number of aryl methyl sites for hydroxylation is 1. The van der Waals surface area contributed by atoms with Crippen LogP contribution in [0, 0.1) is 0 Å². The summed E-state index contributed by atoms with van der Waals surface area (Å²) in [5.74, 6) is 0.510. The Hall–Kier alpha value is -3.12. The zero-order valence-corrected chi connectivity index (χ0v) is 15.5. The molecule has 4 rings (SSSR count). The van der Waals surface area contributed by atoms with Gasteiger partial charge in [-0.05, 0) is 60.5 Å². The summed E-state index contributed by atoms with van der Waals surface area (Å²) in [5, 5.41) is 0. The van der Waals surface area contributed by atoms with Crippen LogP contribution in [-0.4, -0.2) is 13.4 Å². The first-order valence-electron chi connectivity index (χ1n) is 8.63. The molecule has 4 aromatic rings. The number of fused-ring (bicyclic) bond motifs is 1. The Morgan fingerprint density at radius 1 is 0.963 bits per heavy atom. The van der Waals surface area contributed by atoms with Gasteiger partial charge in [-0.15, -0.1) is 0 Å². The normalized spacial score (nSPS) is 11.6. The Labute approximate surface area is 157 Å². The van der Waals surface area contributed by atoms with Gasteiger partial charge < -0.3 is 4.42 Å². The Morgan fingerprint density at radius 2 is 1.70 bits per heavy atom. The van der Waals surface area contributed by atoms with E-state index in [-0.39, 0.29) is 4.90 Å². The number of anilines is 1. The van der Waals surface area contributed by atoms with Crippen LogP contribution in [0.3, 0.4) is 0 Å². The number of hydrogen-bond donors (Lipinski definition) is 1. The zero-order chi connectivity index (χ0) is 18.9. The largest absolute Gasteiger partial charge is 0.436 e. The van der Waals surface area contributed by atoms with E-state index in [1.165, 1.54) is 5.56 Å². The summed E-state index contributed by atoms with van der Waals surface area (Å²) in [6.07, 6.45) is 0.939. The van der Waals surface area contributed by atoms with Crippen molar-refractivity contribution in [2.24, 2.45) is 0 Å². The first-order valence-corrected chi connectivity index (χ1v) is 10.1. The van der Waals surface area contributed by atoms with Crippen molar-refractivity contribution in [2.45, 2.75) is 18.2 Å². The molecule has 0 saturated heterocycles. The molecule has 1 heterocycles. The lowest BCUT2D eigenvalue weighted by molar-refractivity contribution is 0.601. The Balaban J connectivity index is 1.59. The highest BCUT2D eigenvalue weighted by atomic mass is 32.2. The molecule has 136 valence electrons. The molecule has 0 saturated carbocycles. The van der Waals surface area contributed by atoms with Crippen molar-refractivity contribution < 1.29 is 12.8 Å². The molecule has 0 radical (unpaired) electrons. The SMILES string of the molecule is CCc1ccc2oc(-c3ccc(NS(=O)(=O)c4ccccc4)cc3)nc2c1. The van der Waals surface area contributed by atoms with Gasteiger partial charge in [0.15, 0.2) is 5.58 Å². The lowest BCUT2D eigenvalue weighted by Crippen LogP contribution is -2.12. The number of hydrogen-bond acceptors (Lipinski definition) is 4. The van der Waals surface area contributed by atoms with E-state index < -0.39 is 10.0 Å². The molecule has 3 aromatic carbocycles. The standard InChI is InChI=1S/C21H18N2O3S/c1-2-15-8-13-20-19(14-15)22-21(26-20)16-9-11-17(12-10-16)23-27(24,25)18-6-4-3-5-7-18/h3-14,23H,2H2,1H3. The minimum Gasteiger partial charge on any atom is -0.436 e. The first-order chi connectivity index (χ1) is 13.0. The minimum absolute atomic E-state index is 0.222. The lowest BCUT2D eigenvalue weighted by Gasteiger charge is -2.08. The van der Waals surface area contributed by atoms with Gasteiger partial charge in [-0.25, -0.2) is 13.4 Å². The molecular formula is C21H18N2O3S. The molecule has 0 spiro atoms.